The van der Waals surface area contributed by atoms with E-state index in [1.54, 1.807) is 0 Å². The van der Waals surface area contributed by atoms with Crippen LogP contribution < -0.4 is 17.2 Å². The van der Waals surface area contributed by atoms with Crippen LogP contribution >= 0.6 is 15.6 Å². The largest absolute Gasteiger partial charge is 0.472 e. The molecule has 0 aliphatic carbocycles. The van der Waals surface area contributed by atoms with E-state index in [1.165, 1.54) is 29.5 Å². The number of hydrogen-bond acceptors (Lipinski definition) is 15. The molecule has 224 valence electrons. The van der Waals surface area contributed by atoms with Crippen molar-refractivity contribution < 1.29 is 52.0 Å². The van der Waals surface area contributed by atoms with Gasteiger partial charge in [-0.15, -0.1) is 0 Å². The molecule has 0 spiro atoms. The van der Waals surface area contributed by atoms with Crippen LogP contribution in [0.5, 0.6) is 0 Å². The first kappa shape index (κ1) is 29.6. The molecule has 3 aromatic rings. The quantitative estimate of drug-likeness (QED) is 0.140. The van der Waals surface area contributed by atoms with Gasteiger partial charge in [0, 0.05) is 12.6 Å². The van der Waals surface area contributed by atoms with Gasteiger partial charge < -0.3 is 45.3 Å². The zero-order valence-corrected chi connectivity index (χ0v) is 22.7. The molecule has 0 bridgehead atoms. The highest BCUT2D eigenvalue weighted by molar-refractivity contribution is 7.47. The molecule has 2 aliphatic heterocycles. The number of nitrogen functional groups attached to an aromatic ring is 2. The van der Waals surface area contributed by atoms with E-state index in [1.807, 2.05) is 0 Å². The van der Waals surface area contributed by atoms with E-state index in [0.717, 1.165) is 4.57 Å². The van der Waals surface area contributed by atoms with E-state index in [0.29, 0.717) is 0 Å². The first-order valence-electron chi connectivity index (χ1n) is 11.9. The highest BCUT2D eigenvalue weighted by Crippen LogP contribution is 2.50. The molecular weight excluding hydrogens is 594 g/mol. The zero-order chi connectivity index (χ0) is 29.5. The molecule has 0 aromatic carbocycles. The zero-order valence-electron chi connectivity index (χ0n) is 20.9. The van der Waals surface area contributed by atoms with Crippen molar-refractivity contribution in [2.75, 3.05) is 31.3 Å². The Balaban J connectivity index is 1.31. The average molecular weight is 620 g/mol. The molecular formula is C19H26N8O12P2. The van der Waals surface area contributed by atoms with Gasteiger partial charge in [-0.1, -0.05) is 0 Å². The van der Waals surface area contributed by atoms with Gasteiger partial charge in [-0.3, -0.25) is 18.1 Å². The van der Waals surface area contributed by atoms with E-state index < -0.39 is 71.2 Å². The Labute approximate surface area is 229 Å². The van der Waals surface area contributed by atoms with Gasteiger partial charge in [0.15, 0.2) is 11.5 Å². The molecule has 5 heterocycles. The second-order valence-electron chi connectivity index (χ2n) is 9.12. The molecule has 20 nitrogen and oxygen atoms in total. The van der Waals surface area contributed by atoms with Crippen LogP contribution in [0.4, 0.5) is 11.6 Å². The number of aliphatic hydroxyl groups is 1. The summed E-state index contributed by atoms with van der Waals surface area (Å²) < 4.78 is 53.1. The standard InChI is InChI=1S/C19H26N8O12P2/c20-13-1-2-26(19(29)25-13)14-3-10(28)11(38-14)5-37-41(33,34)39-16-9(4-35-12(16)6-36-40(30,31)32)27-8-24-15-17(21)22-7-23-18(15)27/h1-2,7-12,14,16,28H,3-6H2,(H,33,34)(H2,20,25,29)(H2,21,22,23)(H2,30,31,32)/t9-,10+,11-,12-,14?,16+/m1/s1. The summed E-state index contributed by atoms with van der Waals surface area (Å²) in [7, 11) is -9.88. The topological polar surface area (TPSA) is 292 Å². The molecule has 7 atom stereocenters. The summed E-state index contributed by atoms with van der Waals surface area (Å²) >= 11 is 0. The predicted molar refractivity (Wildman–Crippen MR) is 135 cm³/mol. The third-order valence-electron chi connectivity index (χ3n) is 6.40. The van der Waals surface area contributed by atoms with Crippen LogP contribution in [0.2, 0.25) is 0 Å². The van der Waals surface area contributed by atoms with Crippen LogP contribution in [0.25, 0.3) is 11.2 Å². The molecule has 2 fully saturated rings. The minimum atomic E-state index is -4.95. The number of nitrogens with two attached hydrogens (primary N) is 2. The third-order valence-corrected chi connectivity index (χ3v) is 7.87. The molecule has 3 aromatic heterocycles. The van der Waals surface area contributed by atoms with Crippen molar-refractivity contribution in [3.05, 3.63) is 35.4 Å². The smallest absolute Gasteiger partial charge is 0.390 e. The second kappa shape index (κ2) is 11.4. The number of imidazole rings is 1. The number of fused-ring (bicyclic) bond motifs is 1. The minimum absolute atomic E-state index is 0.00125. The van der Waals surface area contributed by atoms with Crippen LogP contribution in [0.1, 0.15) is 18.7 Å². The normalized spacial score (nSPS) is 28.3. The maximum absolute atomic E-state index is 13.0. The van der Waals surface area contributed by atoms with Crippen LogP contribution in [-0.4, -0.2) is 93.1 Å². The fourth-order valence-corrected chi connectivity index (χ4v) is 5.82. The minimum Gasteiger partial charge on any atom is -0.390 e. The first-order chi connectivity index (χ1) is 19.3. The maximum atomic E-state index is 13.0. The molecule has 8 N–H and O–H groups in total. The summed E-state index contributed by atoms with van der Waals surface area (Å²) in [5, 5.41) is 10.4. The number of aliphatic hydroxyl groups excluding tert-OH is 1. The number of aromatic nitrogens is 6. The summed E-state index contributed by atoms with van der Waals surface area (Å²) in [5.41, 5.74) is 11.1. The van der Waals surface area contributed by atoms with Gasteiger partial charge in [0.1, 0.15) is 42.2 Å². The average Bonchev–Trinajstić information content (AvgIpc) is 3.58. The lowest BCUT2D eigenvalue weighted by molar-refractivity contribution is -0.0518. The second-order valence-corrected chi connectivity index (χ2v) is 11.8. The van der Waals surface area contributed by atoms with Crippen molar-refractivity contribution in [2.24, 2.45) is 0 Å². The summed E-state index contributed by atoms with van der Waals surface area (Å²) in [6.07, 6.45) is -2.06. The van der Waals surface area contributed by atoms with E-state index in [4.69, 9.17) is 39.8 Å². The number of phosphoric acid groups is 2. The lowest BCUT2D eigenvalue weighted by Gasteiger charge is -2.26. The fourth-order valence-electron chi connectivity index (χ4n) is 4.50. The van der Waals surface area contributed by atoms with E-state index in [2.05, 4.69) is 24.5 Å². The molecule has 2 unspecified atom stereocenters. The van der Waals surface area contributed by atoms with Gasteiger partial charge in [0.25, 0.3) is 0 Å². The Morgan fingerprint density at radius 2 is 1.83 bits per heavy atom. The van der Waals surface area contributed by atoms with Crippen LogP contribution in [-0.2, 0) is 32.2 Å². The Morgan fingerprint density at radius 1 is 1.07 bits per heavy atom. The molecule has 5 rings (SSSR count). The molecule has 2 aliphatic rings. The molecule has 2 saturated heterocycles. The van der Waals surface area contributed by atoms with Gasteiger partial charge in [-0.05, 0) is 6.07 Å². The Kier molecular flexibility index (Phi) is 8.25. The third kappa shape index (κ3) is 6.63. The number of rotatable bonds is 10. The van der Waals surface area contributed by atoms with Crippen molar-refractivity contribution in [3.63, 3.8) is 0 Å². The van der Waals surface area contributed by atoms with Crippen LogP contribution in [0.15, 0.2) is 29.7 Å². The summed E-state index contributed by atoms with van der Waals surface area (Å²) in [4.78, 5) is 56.7. The van der Waals surface area contributed by atoms with Gasteiger partial charge in [-0.2, -0.15) is 4.98 Å². The highest BCUT2D eigenvalue weighted by atomic mass is 31.2. The highest BCUT2D eigenvalue weighted by Gasteiger charge is 2.46. The first-order valence-corrected chi connectivity index (χ1v) is 14.9. The Morgan fingerprint density at radius 3 is 2.56 bits per heavy atom. The van der Waals surface area contributed by atoms with Crippen molar-refractivity contribution in [1.29, 1.82) is 0 Å². The summed E-state index contributed by atoms with van der Waals surface area (Å²) in [6, 6.07) is 0.471. The number of anilines is 2. The number of phosphoric ester groups is 2. The van der Waals surface area contributed by atoms with E-state index in [9.17, 15) is 23.9 Å². The Bertz CT molecular complexity index is 1560. The van der Waals surface area contributed by atoms with Gasteiger partial charge in [0.05, 0.1) is 38.3 Å². The molecule has 0 radical (unpaired) electrons. The number of ether oxygens (including phenoxy) is 2. The van der Waals surface area contributed by atoms with E-state index in [-0.39, 0.29) is 35.8 Å². The molecule has 22 heteroatoms. The van der Waals surface area contributed by atoms with Crippen LogP contribution in [0.3, 0.4) is 0 Å². The van der Waals surface area contributed by atoms with Crippen molar-refractivity contribution >= 4 is 38.4 Å². The van der Waals surface area contributed by atoms with Gasteiger partial charge in [0.2, 0.25) is 0 Å². The van der Waals surface area contributed by atoms with Gasteiger partial charge in [-0.25, -0.2) is 28.9 Å². The lowest BCUT2D eigenvalue weighted by atomic mass is 10.1. The van der Waals surface area contributed by atoms with Gasteiger partial charge >= 0.3 is 21.3 Å². The van der Waals surface area contributed by atoms with Crippen LogP contribution in [0, 0.1) is 0 Å². The maximum Gasteiger partial charge on any atom is 0.472 e. The number of nitrogens with zero attached hydrogens (tertiary/aromatic N) is 6. The van der Waals surface area contributed by atoms with E-state index >= 15 is 0 Å². The fraction of sp³-hybridized carbons (Fsp3) is 0.526. The van der Waals surface area contributed by atoms with Crippen molar-refractivity contribution in [3.8, 4) is 0 Å². The number of hydrogen-bond donors (Lipinski definition) is 6. The lowest BCUT2D eigenvalue weighted by Crippen LogP contribution is -2.34. The SMILES string of the molecule is Nc1ccn(C2C[C@H](O)[C@@H](COP(=O)(O)O[C@H]3[C@H](n4cnc5c(N)ncnc54)CO[C@@H]3COP(=O)(O)O)O2)c(=O)n1. The molecule has 0 saturated carbocycles. The summed E-state index contributed by atoms with van der Waals surface area (Å²) in [6.45, 7) is -1.49. The summed E-state index contributed by atoms with van der Waals surface area (Å²) in [5.74, 6) is 0.0782. The Hall–Kier alpha value is -2.87. The van der Waals surface area contributed by atoms with Crippen molar-refractivity contribution in [2.45, 2.75) is 43.1 Å². The van der Waals surface area contributed by atoms with Crippen molar-refractivity contribution in [1.82, 2.24) is 29.1 Å². The monoisotopic (exact) mass is 620 g/mol. The predicted octanol–water partition coefficient (Wildman–Crippen LogP) is -1.55. The molecule has 41 heavy (non-hydrogen) atoms. The molecule has 0 amide bonds.